The van der Waals surface area contributed by atoms with Gasteiger partial charge >= 0.3 is 6.01 Å². The van der Waals surface area contributed by atoms with E-state index >= 15 is 0 Å². The summed E-state index contributed by atoms with van der Waals surface area (Å²) in [6, 6.07) is 14.7. The van der Waals surface area contributed by atoms with Gasteiger partial charge in [-0.2, -0.15) is 9.97 Å². The van der Waals surface area contributed by atoms with Gasteiger partial charge < -0.3 is 29.9 Å². The molecule has 38 heavy (non-hydrogen) atoms. The molecule has 5 heterocycles. The molecular weight excluding hydrogens is 476 g/mol. The first-order valence-corrected chi connectivity index (χ1v) is 14.2. The maximum absolute atomic E-state index is 10.7. The molecule has 0 aliphatic carbocycles. The lowest BCUT2D eigenvalue weighted by Gasteiger charge is -2.36. The fourth-order valence-corrected chi connectivity index (χ4v) is 7.01. The van der Waals surface area contributed by atoms with E-state index < -0.39 is 6.10 Å². The largest absolute Gasteiger partial charge is 0.462 e. The fraction of sp³-hybridized carbons (Fsp3) is 0.533. The Balaban J connectivity index is 1.28. The molecule has 4 aliphatic heterocycles. The van der Waals surface area contributed by atoms with Crippen LogP contribution >= 0.6 is 0 Å². The zero-order valence-corrected chi connectivity index (χ0v) is 22.4. The summed E-state index contributed by atoms with van der Waals surface area (Å²) in [6.07, 6.45) is 5.09. The normalized spacial score (nSPS) is 27.2. The Morgan fingerprint density at radius 1 is 1.05 bits per heavy atom. The molecule has 200 valence electrons. The molecule has 8 nitrogen and oxygen atoms in total. The number of benzene rings is 2. The number of aliphatic hydroxyl groups is 1. The first-order valence-electron chi connectivity index (χ1n) is 14.2. The van der Waals surface area contributed by atoms with E-state index in [1.54, 1.807) is 0 Å². The highest BCUT2D eigenvalue weighted by Crippen LogP contribution is 2.39. The van der Waals surface area contributed by atoms with Crippen LogP contribution in [0.15, 0.2) is 36.4 Å². The van der Waals surface area contributed by atoms with Crippen molar-refractivity contribution in [1.29, 1.82) is 0 Å². The molecule has 2 bridgehead atoms. The second-order valence-corrected chi connectivity index (χ2v) is 11.7. The minimum Gasteiger partial charge on any atom is -0.462 e. The summed E-state index contributed by atoms with van der Waals surface area (Å²) < 4.78 is 6.29. The summed E-state index contributed by atoms with van der Waals surface area (Å²) in [4.78, 5) is 17.0. The third-order valence-electron chi connectivity index (χ3n) is 8.98. The van der Waals surface area contributed by atoms with E-state index in [0.717, 1.165) is 48.5 Å². The zero-order valence-electron chi connectivity index (χ0n) is 22.4. The Kier molecular flexibility index (Phi) is 6.14. The number of β-amino-alcohol motifs (C(OH)–C–C–N with tert-alkyl or cyclic N) is 1. The van der Waals surface area contributed by atoms with Gasteiger partial charge in [0.25, 0.3) is 0 Å². The van der Waals surface area contributed by atoms with Crippen molar-refractivity contribution >= 4 is 28.1 Å². The SMILES string of the molecule is Cc1cccc2c1N(c1ccc3c(N4C[C@H]5CC[C@@H](C4)N5)nc(OC[C@@H]4CCCN4C)nc3c1)CC(O)C2. The Morgan fingerprint density at radius 3 is 2.68 bits per heavy atom. The predicted octanol–water partition coefficient (Wildman–Crippen LogP) is 3.41. The topological polar surface area (TPSA) is 77.0 Å². The van der Waals surface area contributed by atoms with Crippen molar-refractivity contribution in [2.24, 2.45) is 0 Å². The number of anilines is 3. The van der Waals surface area contributed by atoms with Crippen LogP contribution in [-0.2, 0) is 6.42 Å². The summed E-state index contributed by atoms with van der Waals surface area (Å²) in [5.74, 6) is 0.977. The van der Waals surface area contributed by atoms with E-state index in [9.17, 15) is 5.11 Å². The zero-order chi connectivity index (χ0) is 25.8. The van der Waals surface area contributed by atoms with Crippen molar-refractivity contribution in [2.75, 3.05) is 49.6 Å². The van der Waals surface area contributed by atoms with E-state index in [1.165, 1.54) is 36.1 Å². The van der Waals surface area contributed by atoms with Crippen molar-refractivity contribution in [2.45, 2.75) is 63.3 Å². The smallest absolute Gasteiger partial charge is 0.319 e. The Morgan fingerprint density at radius 2 is 1.89 bits per heavy atom. The molecule has 0 spiro atoms. The Hall–Kier alpha value is -2.94. The van der Waals surface area contributed by atoms with Gasteiger partial charge in [-0.25, -0.2) is 0 Å². The molecule has 4 atom stereocenters. The van der Waals surface area contributed by atoms with Crippen LogP contribution in [0.4, 0.5) is 17.2 Å². The van der Waals surface area contributed by atoms with Crippen LogP contribution in [-0.4, -0.2) is 84.0 Å². The summed E-state index contributed by atoms with van der Waals surface area (Å²) in [6.45, 7) is 6.36. The monoisotopic (exact) mass is 514 g/mol. The Bertz CT molecular complexity index is 1340. The van der Waals surface area contributed by atoms with Gasteiger partial charge in [-0.3, -0.25) is 0 Å². The number of fused-ring (bicyclic) bond motifs is 4. The summed E-state index contributed by atoms with van der Waals surface area (Å²) in [5.41, 5.74) is 5.54. The van der Waals surface area contributed by atoms with Crippen molar-refractivity contribution in [3.05, 3.63) is 47.5 Å². The molecule has 2 aromatic carbocycles. The van der Waals surface area contributed by atoms with Gasteiger partial charge in [0.2, 0.25) is 0 Å². The number of likely N-dealkylation sites (tertiary alicyclic amines) is 1. The molecule has 1 unspecified atom stereocenters. The fourth-order valence-electron chi connectivity index (χ4n) is 7.01. The van der Waals surface area contributed by atoms with E-state index in [-0.39, 0.29) is 0 Å². The molecule has 3 saturated heterocycles. The van der Waals surface area contributed by atoms with E-state index in [4.69, 9.17) is 14.7 Å². The highest BCUT2D eigenvalue weighted by Gasteiger charge is 2.34. The van der Waals surface area contributed by atoms with Crippen LogP contribution in [0, 0.1) is 6.92 Å². The number of likely N-dealkylation sites (N-methyl/N-ethyl adjacent to an activating group) is 1. The number of ether oxygens (including phenoxy) is 1. The average Bonchev–Trinajstić information content (AvgIpc) is 3.49. The predicted molar refractivity (Wildman–Crippen MR) is 151 cm³/mol. The minimum absolute atomic E-state index is 0.403. The molecule has 4 aliphatic rings. The number of hydrogen-bond acceptors (Lipinski definition) is 8. The minimum atomic E-state index is -0.403. The third kappa shape index (κ3) is 4.38. The number of para-hydroxylation sites is 1. The molecule has 3 aromatic rings. The van der Waals surface area contributed by atoms with Crippen molar-refractivity contribution in [3.8, 4) is 6.01 Å². The van der Waals surface area contributed by atoms with Gasteiger partial charge in [0.15, 0.2) is 0 Å². The average molecular weight is 515 g/mol. The number of aryl methyl sites for hydroxylation is 1. The molecule has 0 amide bonds. The van der Waals surface area contributed by atoms with Crippen molar-refractivity contribution in [1.82, 2.24) is 20.2 Å². The molecule has 7 rings (SSSR count). The quantitative estimate of drug-likeness (QED) is 0.537. The summed E-state index contributed by atoms with van der Waals surface area (Å²) in [5, 5.41) is 15.5. The number of rotatable bonds is 5. The molecule has 8 heteroatoms. The first-order chi connectivity index (χ1) is 18.5. The maximum atomic E-state index is 10.7. The van der Waals surface area contributed by atoms with Crippen LogP contribution in [0.2, 0.25) is 0 Å². The molecule has 1 aromatic heterocycles. The lowest BCUT2D eigenvalue weighted by atomic mass is 9.96. The van der Waals surface area contributed by atoms with Gasteiger partial charge in [0, 0.05) is 60.9 Å². The van der Waals surface area contributed by atoms with E-state index in [1.807, 2.05) is 0 Å². The number of aromatic nitrogens is 2. The van der Waals surface area contributed by atoms with Crippen LogP contribution < -0.4 is 19.9 Å². The summed E-state index contributed by atoms with van der Waals surface area (Å²) >= 11 is 0. The van der Waals surface area contributed by atoms with Crippen LogP contribution in [0.25, 0.3) is 10.9 Å². The molecule has 0 radical (unpaired) electrons. The highest BCUT2D eigenvalue weighted by molar-refractivity contribution is 5.93. The van der Waals surface area contributed by atoms with E-state index in [0.29, 0.717) is 43.7 Å². The van der Waals surface area contributed by atoms with Gasteiger partial charge in [-0.15, -0.1) is 0 Å². The van der Waals surface area contributed by atoms with Crippen molar-refractivity contribution in [3.63, 3.8) is 0 Å². The molecule has 3 fully saturated rings. The third-order valence-corrected chi connectivity index (χ3v) is 8.98. The lowest BCUT2D eigenvalue weighted by Crippen LogP contribution is -2.51. The van der Waals surface area contributed by atoms with Crippen LogP contribution in [0.3, 0.4) is 0 Å². The Labute approximate surface area is 224 Å². The lowest BCUT2D eigenvalue weighted by molar-refractivity contribution is 0.178. The van der Waals surface area contributed by atoms with Crippen LogP contribution in [0.5, 0.6) is 6.01 Å². The maximum Gasteiger partial charge on any atom is 0.319 e. The van der Waals surface area contributed by atoms with Crippen LogP contribution in [0.1, 0.15) is 36.8 Å². The first kappa shape index (κ1) is 24.1. The molecule has 0 saturated carbocycles. The molecule has 2 N–H and O–H groups in total. The number of aliphatic hydroxyl groups excluding tert-OH is 1. The highest BCUT2D eigenvalue weighted by atomic mass is 16.5. The van der Waals surface area contributed by atoms with Gasteiger partial charge in [0.1, 0.15) is 12.4 Å². The number of nitrogens with zero attached hydrogens (tertiary/aromatic N) is 5. The standard InChI is InChI=1S/C30H38N6O2/c1-19-5-3-6-20-13-25(37)17-36(28(19)20)23-10-11-26-27(14-23)32-30(38-18-24-7-4-12-34(24)2)33-29(26)35-15-21-8-9-22(16-35)31-21/h3,5-6,10-11,14,21-22,24-25,31,37H,4,7-9,12-13,15-18H2,1-2H3/t21-,22+,24-,25?/m0/s1. The second-order valence-electron chi connectivity index (χ2n) is 11.7. The van der Waals surface area contributed by atoms with Gasteiger partial charge in [-0.1, -0.05) is 18.2 Å². The second kappa shape index (κ2) is 9.67. The summed E-state index contributed by atoms with van der Waals surface area (Å²) in [7, 11) is 2.17. The number of hydrogen-bond donors (Lipinski definition) is 2. The number of nitrogens with one attached hydrogen (secondary N) is 1. The van der Waals surface area contributed by atoms with E-state index in [2.05, 4.69) is 70.4 Å². The van der Waals surface area contributed by atoms with Crippen molar-refractivity contribution < 1.29 is 9.84 Å². The van der Waals surface area contributed by atoms with Gasteiger partial charge in [0.05, 0.1) is 11.6 Å². The van der Waals surface area contributed by atoms with Gasteiger partial charge in [-0.05, 0) is 75.5 Å². The number of piperazine rings is 1. The molecular formula is C30H38N6O2.